The fraction of sp³-hybridized carbons (Fsp3) is 0.467. The number of nitrogens with two attached hydrogens (primary N) is 1. The summed E-state index contributed by atoms with van der Waals surface area (Å²) in [6, 6.07) is 5.68. The van der Waals surface area contributed by atoms with Crippen LogP contribution < -0.4 is 11.1 Å². The molecule has 0 bridgehead atoms. The summed E-state index contributed by atoms with van der Waals surface area (Å²) in [4.78, 5) is 12.5. The third-order valence-corrected chi connectivity index (χ3v) is 3.96. The monoisotopic (exact) mass is 388 g/mol. The van der Waals surface area contributed by atoms with Gasteiger partial charge in [0, 0.05) is 16.4 Å². The number of halogens is 2. The van der Waals surface area contributed by atoms with Crippen LogP contribution in [0.3, 0.4) is 0 Å². The Kier molecular flexibility index (Phi) is 6.40. The number of carbonyl (C=O) groups is 1. The van der Waals surface area contributed by atoms with Gasteiger partial charge in [-0.15, -0.1) is 12.4 Å². The molecule has 1 heterocycles. The minimum absolute atomic E-state index is 0. The van der Waals surface area contributed by atoms with Gasteiger partial charge in [-0.1, -0.05) is 29.8 Å². The van der Waals surface area contributed by atoms with E-state index in [0.717, 1.165) is 21.8 Å². The molecule has 1 aromatic carbocycles. The summed E-state index contributed by atoms with van der Waals surface area (Å²) in [6.45, 7) is 6.58. The van der Waals surface area contributed by atoms with E-state index >= 15 is 0 Å². The van der Waals surface area contributed by atoms with Crippen molar-refractivity contribution in [1.82, 2.24) is 15.5 Å². The number of fused-ring (bicyclic) bond motifs is 1. The summed E-state index contributed by atoms with van der Waals surface area (Å²) in [5, 5.41) is 10.8. The number of amides is 1. The number of nitrogens with one attached hydrogen (secondary N) is 2. The highest BCUT2D eigenvalue weighted by atomic mass is 79.9. The van der Waals surface area contributed by atoms with Gasteiger partial charge in [0.2, 0.25) is 0 Å². The Morgan fingerprint density at radius 2 is 2.18 bits per heavy atom. The van der Waals surface area contributed by atoms with E-state index in [4.69, 9.17) is 5.73 Å². The Labute approximate surface area is 145 Å². The van der Waals surface area contributed by atoms with Crippen LogP contribution in [0.4, 0.5) is 0 Å². The molecule has 0 spiro atoms. The molecule has 0 fully saturated rings. The summed E-state index contributed by atoms with van der Waals surface area (Å²) >= 11 is 3.41. The first kappa shape index (κ1) is 18.9. The third-order valence-electron chi connectivity index (χ3n) is 3.46. The van der Waals surface area contributed by atoms with Crippen molar-refractivity contribution >= 4 is 45.1 Å². The highest BCUT2D eigenvalue weighted by Crippen LogP contribution is 2.22. The van der Waals surface area contributed by atoms with Crippen LogP contribution in [0.25, 0.3) is 10.9 Å². The van der Waals surface area contributed by atoms with Crippen LogP contribution in [0.15, 0.2) is 22.7 Å². The first-order valence-corrected chi connectivity index (χ1v) is 7.80. The van der Waals surface area contributed by atoms with E-state index in [1.807, 2.05) is 25.1 Å². The van der Waals surface area contributed by atoms with Gasteiger partial charge in [0.1, 0.15) is 0 Å². The molecule has 0 aliphatic carbocycles. The average Bonchev–Trinajstić information content (AvgIpc) is 2.80. The van der Waals surface area contributed by atoms with E-state index in [-0.39, 0.29) is 18.3 Å². The fourth-order valence-corrected chi connectivity index (χ4v) is 2.94. The maximum absolute atomic E-state index is 12.5. The predicted molar refractivity (Wildman–Crippen MR) is 95.4 cm³/mol. The molecule has 22 heavy (non-hydrogen) atoms. The van der Waals surface area contributed by atoms with E-state index in [1.54, 1.807) is 0 Å². The highest BCUT2D eigenvalue weighted by Gasteiger charge is 2.28. The summed E-state index contributed by atoms with van der Waals surface area (Å²) in [7, 11) is 0. The van der Waals surface area contributed by atoms with E-state index in [9.17, 15) is 4.79 Å². The second-order valence-corrected chi connectivity index (χ2v) is 6.99. The molecule has 1 atom stereocenters. The molecule has 4 N–H and O–H groups in total. The number of aromatic amines is 1. The Morgan fingerprint density at radius 3 is 2.77 bits per heavy atom. The standard InChI is InChI=1S/C15H21BrN4O.ClH/c1-9(2)7-15(3,8-17)18-14(21)13-11-6-10(16)4-5-12(11)19-20-13;/h4-6,9H,7-8,17H2,1-3H3,(H,18,21)(H,19,20);1H. The summed E-state index contributed by atoms with van der Waals surface area (Å²) in [5.74, 6) is 0.247. The van der Waals surface area contributed by atoms with E-state index in [0.29, 0.717) is 18.2 Å². The number of aromatic nitrogens is 2. The van der Waals surface area contributed by atoms with Crippen molar-refractivity contribution in [3.8, 4) is 0 Å². The van der Waals surface area contributed by atoms with Gasteiger partial charge in [-0.3, -0.25) is 9.89 Å². The number of benzene rings is 1. The van der Waals surface area contributed by atoms with Gasteiger partial charge in [-0.25, -0.2) is 0 Å². The van der Waals surface area contributed by atoms with Crippen LogP contribution in [0.2, 0.25) is 0 Å². The van der Waals surface area contributed by atoms with Gasteiger partial charge < -0.3 is 11.1 Å². The molecule has 2 aromatic rings. The van der Waals surface area contributed by atoms with Gasteiger partial charge in [-0.2, -0.15) is 5.10 Å². The number of rotatable bonds is 5. The molecule has 122 valence electrons. The maximum atomic E-state index is 12.5. The molecule has 5 nitrogen and oxygen atoms in total. The Hall–Kier alpha value is -1.11. The van der Waals surface area contributed by atoms with Gasteiger partial charge >= 0.3 is 0 Å². The largest absolute Gasteiger partial charge is 0.344 e. The van der Waals surface area contributed by atoms with Crippen LogP contribution in [0.1, 0.15) is 37.7 Å². The molecule has 0 aliphatic heterocycles. The topological polar surface area (TPSA) is 83.8 Å². The van der Waals surface area contributed by atoms with Crippen LogP contribution in [0, 0.1) is 5.92 Å². The molecular formula is C15H22BrClN4O. The summed E-state index contributed by atoms with van der Waals surface area (Å²) in [5.41, 5.74) is 6.65. The summed E-state index contributed by atoms with van der Waals surface area (Å²) < 4.78 is 0.911. The Balaban J connectivity index is 0.00000242. The van der Waals surface area contributed by atoms with Gasteiger partial charge in [0.05, 0.1) is 11.1 Å². The predicted octanol–water partition coefficient (Wildman–Crippen LogP) is 3.24. The quantitative estimate of drug-likeness (QED) is 0.734. The van der Waals surface area contributed by atoms with Crippen molar-refractivity contribution in [3.63, 3.8) is 0 Å². The first-order chi connectivity index (χ1) is 9.84. The first-order valence-electron chi connectivity index (χ1n) is 7.01. The van der Waals surface area contributed by atoms with Crippen molar-refractivity contribution in [2.45, 2.75) is 32.7 Å². The SMILES string of the molecule is CC(C)CC(C)(CN)NC(=O)c1n[nH]c2ccc(Br)cc12.Cl. The number of hydrogen-bond donors (Lipinski definition) is 3. The normalized spacial score (nSPS) is 13.7. The van der Waals surface area contributed by atoms with Crippen LogP contribution in [-0.4, -0.2) is 28.2 Å². The van der Waals surface area contributed by atoms with Crippen molar-refractivity contribution < 1.29 is 4.79 Å². The number of nitrogens with zero attached hydrogens (tertiary/aromatic N) is 1. The zero-order valence-electron chi connectivity index (χ0n) is 12.9. The Morgan fingerprint density at radius 1 is 1.50 bits per heavy atom. The molecule has 0 saturated heterocycles. The van der Waals surface area contributed by atoms with Crippen LogP contribution >= 0.6 is 28.3 Å². The number of carbonyl (C=O) groups excluding carboxylic acids is 1. The fourth-order valence-electron chi connectivity index (χ4n) is 2.58. The molecule has 2 rings (SSSR count). The molecular weight excluding hydrogens is 368 g/mol. The number of hydrogen-bond acceptors (Lipinski definition) is 3. The van der Waals surface area contributed by atoms with E-state index < -0.39 is 5.54 Å². The minimum atomic E-state index is -0.428. The van der Waals surface area contributed by atoms with Crippen LogP contribution in [-0.2, 0) is 0 Å². The lowest BCUT2D eigenvalue weighted by molar-refractivity contribution is 0.0894. The molecule has 0 saturated carbocycles. The smallest absolute Gasteiger partial charge is 0.272 e. The van der Waals surface area contributed by atoms with Gasteiger partial charge in [0.15, 0.2) is 5.69 Å². The lowest BCUT2D eigenvalue weighted by atomic mass is 9.90. The molecule has 1 unspecified atom stereocenters. The average molecular weight is 390 g/mol. The molecule has 1 amide bonds. The molecule has 7 heteroatoms. The summed E-state index contributed by atoms with van der Waals surface area (Å²) in [6.07, 6.45) is 0.821. The van der Waals surface area contributed by atoms with Crippen molar-refractivity contribution in [3.05, 3.63) is 28.4 Å². The molecule has 1 aromatic heterocycles. The van der Waals surface area contributed by atoms with Gasteiger partial charge in [0.25, 0.3) is 5.91 Å². The number of H-pyrrole nitrogens is 1. The van der Waals surface area contributed by atoms with E-state index in [1.165, 1.54) is 0 Å². The zero-order chi connectivity index (χ0) is 15.6. The van der Waals surface area contributed by atoms with Crippen molar-refractivity contribution in [2.24, 2.45) is 11.7 Å². The van der Waals surface area contributed by atoms with Crippen molar-refractivity contribution in [2.75, 3.05) is 6.54 Å². The minimum Gasteiger partial charge on any atom is -0.344 e. The second-order valence-electron chi connectivity index (χ2n) is 6.08. The zero-order valence-corrected chi connectivity index (χ0v) is 15.3. The second kappa shape index (κ2) is 7.44. The van der Waals surface area contributed by atoms with Crippen molar-refractivity contribution in [1.29, 1.82) is 0 Å². The lowest BCUT2D eigenvalue weighted by Crippen LogP contribution is -2.52. The van der Waals surface area contributed by atoms with Gasteiger partial charge in [-0.05, 0) is 37.5 Å². The molecule has 0 aliphatic rings. The Bertz CT molecular complexity index is 658. The van der Waals surface area contributed by atoms with E-state index in [2.05, 4.69) is 45.3 Å². The third kappa shape index (κ3) is 4.21. The molecule has 0 radical (unpaired) electrons. The van der Waals surface area contributed by atoms with Crippen LogP contribution in [0.5, 0.6) is 0 Å². The lowest BCUT2D eigenvalue weighted by Gasteiger charge is -2.30. The highest BCUT2D eigenvalue weighted by molar-refractivity contribution is 9.10. The maximum Gasteiger partial charge on any atom is 0.272 e.